The van der Waals surface area contributed by atoms with Gasteiger partial charge in [0.05, 0.1) is 20.8 Å². The first-order valence-corrected chi connectivity index (χ1v) is 9.09. The molecule has 4 heteroatoms. The highest BCUT2D eigenvalue weighted by molar-refractivity contribution is 6.01. The molecule has 0 bridgehead atoms. The number of hydrogen-bond donors (Lipinski definition) is 0. The van der Waals surface area contributed by atoms with Crippen LogP contribution in [0.4, 0.5) is 0 Å². The van der Waals surface area contributed by atoms with Crippen LogP contribution in [0.3, 0.4) is 0 Å². The first kappa shape index (κ1) is 19.8. The van der Waals surface area contributed by atoms with Gasteiger partial charge in [0.15, 0.2) is 0 Å². The number of methoxy groups -OCH3 is 2. The molecule has 0 saturated heterocycles. The highest BCUT2D eigenvalue weighted by Crippen LogP contribution is 2.41. The van der Waals surface area contributed by atoms with Gasteiger partial charge >= 0.3 is 5.97 Å². The fourth-order valence-corrected chi connectivity index (χ4v) is 3.17. The van der Waals surface area contributed by atoms with Crippen LogP contribution in [0, 0.1) is 6.92 Å². The molecule has 0 amide bonds. The lowest BCUT2D eigenvalue weighted by atomic mass is 9.95. The van der Waals surface area contributed by atoms with E-state index in [1.165, 1.54) is 0 Å². The molecule has 0 aliphatic carbocycles. The average molecular weight is 356 g/mol. The molecule has 0 atom stereocenters. The summed E-state index contributed by atoms with van der Waals surface area (Å²) >= 11 is 0. The molecule has 0 unspecified atom stereocenters. The molecular formula is C22H28O4. The van der Waals surface area contributed by atoms with Crippen LogP contribution in [-0.2, 0) is 9.53 Å². The third-order valence-electron chi connectivity index (χ3n) is 4.47. The van der Waals surface area contributed by atoms with E-state index in [1.54, 1.807) is 14.2 Å². The van der Waals surface area contributed by atoms with Crippen LogP contribution < -0.4 is 9.47 Å². The standard InChI is InChI=1S/C22H28O4/c1-6-8-11-16(22(23)26-7-2)14-19-15(3)20(24-4)17-12-9-10-13-18(17)21(19)25-5/h9-10,12-14H,6-8,11H2,1-5H3. The molecule has 0 aromatic heterocycles. The van der Waals surface area contributed by atoms with Crippen LogP contribution in [-0.4, -0.2) is 26.8 Å². The van der Waals surface area contributed by atoms with Crippen molar-refractivity contribution in [2.24, 2.45) is 0 Å². The molecule has 2 aromatic carbocycles. The average Bonchev–Trinajstić information content (AvgIpc) is 2.65. The number of ether oxygens (including phenoxy) is 3. The van der Waals surface area contributed by atoms with Gasteiger partial charge in [0.1, 0.15) is 11.5 Å². The van der Waals surface area contributed by atoms with E-state index in [4.69, 9.17) is 14.2 Å². The van der Waals surface area contributed by atoms with E-state index in [0.717, 1.165) is 46.2 Å². The summed E-state index contributed by atoms with van der Waals surface area (Å²) in [7, 11) is 3.32. The van der Waals surface area contributed by atoms with Gasteiger partial charge in [-0.1, -0.05) is 37.6 Å². The van der Waals surface area contributed by atoms with Gasteiger partial charge in [0.25, 0.3) is 0 Å². The molecular weight excluding hydrogens is 328 g/mol. The summed E-state index contributed by atoms with van der Waals surface area (Å²) < 4.78 is 16.7. The molecule has 140 valence electrons. The predicted octanol–water partition coefficient (Wildman–Crippen LogP) is 5.30. The summed E-state index contributed by atoms with van der Waals surface area (Å²) in [6, 6.07) is 7.96. The second-order valence-corrected chi connectivity index (χ2v) is 6.14. The molecule has 0 aliphatic heterocycles. The maximum atomic E-state index is 12.4. The molecule has 0 radical (unpaired) electrons. The number of hydrogen-bond acceptors (Lipinski definition) is 4. The van der Waals surface area contributed by atoms with Gasteiger partial charge < -0.3 is 14.2 Å². The first-order valence-electron chi connectivity index (χ1n) is 9.09. The second kappa shape index (κ2) is 9.27. The Morgan fingerprint density at radius 1 is 1.04 bits per heavy atom. The van der Waals surface area contributed by atoms with Gasteiger partial charge in [-0.3, -0.25) is 0 Å². The van der Waals surface area contributed by atoms with Crippen LogP contribution in [0.2, 0.25) is 0 Å². The van der Waals surface area contributed by atoms with Crippen LogP contribution in [0.5, 0.6) is 11.5 Å². The molecule has 0 fully saturated rings. The molecule has 0 saturated carbocycles. The summed E-state index contributed by atoms with van der Waals surface area (Å²) in [5, 5.41) is 1.95. The number of benzene rings is 2. The Kier molecular flexibility index (Phi) is 7.07. The molecule has 26 heavy (non-hydrogen) atoms. The Hall–Kier alpha value is -2.49. The summed E-state index contributed by atoms with van der Waals surface area (Å²) in [6.45, 7) is 6.27. The molecule has 2 aromatic rings. The van der Waals surface area contributed by atoms with Crippen molar-refractivity contribution in [2.75, 3.05) is 20.8 Å². The number of fused-ring (bicyclic) bond motifs is 1. The molecule has 0 heterocycles. The molecule has 4 nitrogen and oxygen atoms in total. The molecule has 2 rings (SSSR count). The number of esters is 1. The Balaban J connectivity index is 2.72. The third-order valence-corrected chi connectivity index (χ3v) is 4.47. The smallest absolute Gasteiger partial charge is 0.334 e. The van der Waals surface area contributed by atoms with E-state index in [-0.39, 0.29) is 5.97 Å². The number of unbranched alkanes of at least 4 members (excludes halogenated alkanes) is 1. The molecule has 0 spiro atoms. The van der Waals surface area contributed by atoms with E-state index in [2.05, 4.69) is 6.92 Å². The summed E-state index contributed by atoms with van der Waals surface area (Å²) in [6.07, 6.45) is 4.51. The van der Waals surface area contributed by atoms with Crippen LogP contribution in [0.1, 0.15) is 44.2 Å². The highest BCUT2D eigenvalue weighted by Gasteiger charge is 2.19. The van der Waals surface area contributed by atoms with E-state index in [1.807, 2.05) is 44.2 Å². The van der Waals surface area contributed by atoms with Crippen molar-refractivity contribution in [3.63, 3.8) is 0 Å². The lowest BCUT2D eigenvalue weighted by Gasteiger charge is -2.18. The van der Waals surface area contributed by atoms with Gasteiger partial charge in [-0.15, -0.1) is 0 Å². The topological polar surface area (TPSA) is 44.8 Å². The fraction of sp³-hybridized carbons (Fsp3) is 0.409. The van der Waals surface area contributed by atoms with Gasteiger partial charge in [-0.05, 0) is 32.8 Å². The Bertz CT molecular complexity index is 805. The minimum absolute atomic E-state index is 0.269. The van der Waals surface area contributed by atoms with Crippen molar-refractivity contribution in [2.45, 2.75) is 40.0 Å². The summed E-state index contributed by atoms with van der Waals surface area (Å²) in [4.78, 5) is 12.4. The third kappa shape index (κ3) is 4.01. The van der Waals surface area contributed by atoms with Crippen molar-refractivity contribution in [3.8, 4) is 11.5 Å². The zero-order chi connectivity index (χ0) is 19.1. The minimum atomic E-state index is -0.269. The van der Waals surface area contributed by atoms with Gasteiger partial charge in [0, 0.05) is 27.5 Å². The maximum absolute atomic E-state index is 12.4. The summed E-state index contributed by atoms with van der Waals surface area (Å²) in [5.41, 5.74) is 2.47. The van der Waals surface area contributed by atoms with Gasteiger partial charge in [-0.2, -0.15) is 0 Å². The highest BCUT2D eigenvalue weighted by atomic mass is 16.5. The van der Waals surface area contributed by atoms with E-state index in [9.17, 15) is 4.79 Å². The number of carbonyl (C=O) groups is 1. The zero-order valence-electron chi connectivity index (χ0n) is 16.3. The number of carbonyl (C=O) groups excluding carboxylic acids is 1. The summed E-state index contributed by atoms with van der Waals surface area (Å²) in [5.74, 6) is 1.28. The SMILES string of the molecule is CCCCC(=Cc1c(C)c(OC)c2ccccc2c1OC)C(=O)OCC. The van der Waals surface area contributed by atoms with Crippen molar-refractivity contribution in [3.05, 3.63) is 41.0 Å². The predicted molar refractivity (Wildman–Crippen MR) is 106 cm³/mol. The quantitative estimate of drug-likeness (QED) is 0.475. The normalized spacial score (nSPS) is 11.5. The van der Waals surface area contributed by atoms with Crippen LogP contribution >= 0.6 is 0 Å². The van der Waals surface area contributed by atoms with Crippen molar-refractivity contribution < 1.29 is 19.0 Å². The minimum Gasteiger partial charge on any atom is -0.496 e. The lowest BCUT2D eigenvalue weighted by Crippen LogP contribution is -2.08. The van der Waals surface area contributed by atoms with E-state index >= 15 is 0 Å². The zero-order valence-corrected chi connectivity index (χ0v) is 16.3. The number of rotatable bonds is 8. The largest absolute Gasteiger partial charge is 0.496 e. The van der Waals surface area contributed by atoms with Crippen LogP contribution in [0.15, 0.2) is 29.8 Å². The van der Waals surface area contributed by atoms with Crippen molar-refractivity contribution >= 4 is 22.8 Å². The van der Waals surface area contributed by atoms with Gasteiger partial charge in [-0.25, -0.2) is 4.79 Å². The molecule has 0 N–H and O–H groups in total. The monoisotopic (exact) mass is 356 g/mol. The Morgan fingerprint density at radius 3 is 2.19 bits per heavy atom. The Labute approximate surface area is 155 Å². The van der Waals surface area contributed by atoms with Crippen molar-refractivity contribution in [1.29, 1.82) is 0 Å². The lowest BCUT2D eigenvalue weighted by molar-refractivity contribution is -0.138. The Morgan fingerprint density at radius 2 is 1.65 bits per heavy atom. The van der Waals surface area contributed by atoms with Gasteiger partial charge in [0.2, 0.25) is 0 Å². The maximum Gasteiger partial charge on any atom is 0.334 e. The fourth-order valence-electron chi connectivity index (χ4n) is 3.17. The van der Waals surface area contributed by atoms with Crippen molar-refractivity contribution in [1.82, 2.24) is 0 Å². The second-order valence-electron chi connectivity index (χ2n) is 6.14. The molecule has 0 aliphatic rings. The van der Waals surface area contributed by atoms with E-state index < -0.39 is 0 Å². The van der Waals surface area contributed by atoms with E-state index in [0.29, 0.717) is 18.6 Å². The first-order chi connectivity index (χ1) is 12.6. The van der Waals surface area contributed by atoms with Crippen LogP contribution in [0.25, 0.3) is 16.8 Å².